The fourth-order valence-electron chi connectivity index (χ4n) is 2.21. The van der Waals surface area contributed by atoms with E-state index in [1.54, 1.807) is 0 Å². The molecule has 20 heavy (non-hydrogen) atoms. The molecule has 0 atom stereocenters. The second kappa shape index (κ2) is 4.93. The van der Waals surface area contributed by atoms with Gasteiger partial charge in [0.2, 0.25) is 5.88 Å². The average Bonchev–Trinajstić information content (AvgIpc) is 2.46. The normalized spacial score (nSPS) is 10.8. The highest BCUT2D eigenvalue weighted by Crippen LogP contribution is 2.30. The zero-order chi connectivity index (χ0) is 14.1. The second-order valence-electron chi connectivity index (χ2n) is 5.01. The van der Waals surface area contributed by atoms with E-state index in [2.05, 4.69) is 22.3 Å². The molecule has 0 bridgehead atoms. The molecule has 0 aliphatic rings. The minimum Gasteiger partial charge on any atom is -0.437 e. The highest BCUT2D eigenvalue weighted by Gasteiger charge is 2.09. The smallest absolute Gasteiger partial charge is 0.246 e. The van der Waals surface area contributed by atoms with Crippen LogP contribution in [0.3, 0.4) is 0 Å². The zero-order valence-electron chi connectivity index (χ0n) is 11.8. The topological polar surface area (TPSA) is 35.0 Å². The van der Waals surface area contributed by atoms with Crippen LogP contribution in [0.15, 0.2) is 42.5 Å². The molecule has 2 aromatic carbocycles. The number of ether oxygens (including phenoxy) is 1. The number of aryl methyl sites for hydroxylation is 3. The van der Waals surface area contributed by atoms with Crippen LogP contribution < -0.4 is 4.74 Å². The summed E-state index contributed by atoms with van der Waals surface area (Å²) in [6, 6.07) is 14.2. The molecule has 0 radical (unpaired) electrons. The fraction of sp³-hybridized carbons (Fsp3) is 0.176. The van der Waals surface area contributed by atoms with Gasteiger partial charge in [-0.1, -0.05) is 30.3 Å². The van der Waals surface area contributed by atoms with E-state index >= 15 is 0 Å². The Bertz CT molecular complexity index is 781. The Hall–Kier alpha value is -2.42. The summed E-state index contributed by atoms with van der Waals surface area (Å²) >= 11 is 0. The molecule has 3 aromatic rings. The van der Waals surface area contributed by atoms with Crippen molar-refractivity contribution in [2.45, 2.75) is 20.8 Å². The van der Waals surface area contributed by atoms with E-state index in [1.165, 1.54) is 0 Å². The third-order valence-corrected chi connectivity index (χ3v) is 3.39. The second-order valence-corrected chi connectivity index (χ2v) is 5.01. The molecule has 0 saturated carbocycles. The average molecular weight is 264 g/mol. The van der Waals surface area contributed by atoms with E-state index in [4.69, 9.17) is 4.74 Å². The number of nitrogens with zero attached hydrogens (tertiary/aromatic N) is 2. The van der Waals surface area contributed by atoms with E-state index in [0.29, 0.717) is 5.88 Å². The van der Waals surface area contributed by atoms with Crippen molar-refractivity contribution >= 4 is 10.8 Å². The summed E-state index contributed by atoms with van der Waals surface area (Å²) in [5.41, 5.74) is 3.16. The zero-order valence-corrected chi connectivity index (χ0v) is 11.8. The Morgan fingerprint density at radius 1 is 0.850 bits per heavy atom. The molecular formula is C17H16N2O. The maximum Gasteiger partial charge on any atom is 0.246 e. The number of hydrogen-bond donors (Lipinski definition) is 0. The summed E-state index contributed by atoms with van der Waals surface area (Å²) in [5, 5.41) is 10.4. The van der Waals surface area contributed by atoms with Crippen molar-refractivity contribution in [2.24, 2.45) is 0 Å². The summed E-state index contributed by atoms with van der Waals surface area (Å²) in [5.74, 6) is 1.38. The highest BCUT2D eigenvalue weighted by molar-refractivity contribution is 5.88. The molecule has 0 saturated heterocycles. The van der Waals surface area contributed by atoms with Crippen LogP contribution >= 0.6 is 0 Å². The quantitative estimate of drug-likeness (QED) is 0.690. The van der Waals surface area contributed by atoms with Crippen molar-refractivity contribution in [1.82, 2.24) is 10.2 Å². The minimum atomic E-state index is 0.555. The number of benzene rings is 2. The molecule has 0 aliphatic heterocycles. The molecule has 0 fully saturated rings. The van der Waals surface area contributed by atoms with Crippen LogP contribution in [0.5, 0.6) is 11.6 Å². The van der Waals surface area contributed by atoms with E-state index in [0.717, 1.165) is 33.3 Å². The highest BCUT2D eigenvalue weighted by atomic mass is 16.5. The first kappa shape index (κ1) is 12.6. The molecule has 0 N–H and O–H groups in total. The Balaban J connectivity index is 2.11. The molecule has 100 valence electrons. The molecule has 3 rings (SSSR count). The van der Waals surface area contributed by atoms with Crippen molar-refractivity contribution in [3.8, 4) is 11.6 Å². The fourth-order valence-corrected chi connectivity index (χ4v) is 2.21. The van der Waals surface area contributed by atoms with E-state index < -0.39 is 0 Å². The standard InChI is InChI=1S/C17H16N2O/c1-11-8-9-12(2)16(10-11)20-17-15-7-5-4-6-14(15)13(3)18-19-17/h4-10H,1-3H3. The summed E-state index contributed by atoms with van der Waals surface area (Å²) in [6.07, 6.45) is 0. The Morgan fingerprint density at radius 2 is 1.60 bits per heavy atom. The third-order valence-electron chi connectivity index (χ3n) is 3.39. The SMILES string of the molecule is Cc1ccc(C)c(Oc2nnc(C)c3ccccc23)c1. The van der Waals surface area contributed by atoms with E-state index in [9.17, 15) is 0 Å². The molecule has 0 spiro atoms. The molecule has 0 unspecified atom stereocenters. The van der Waals surface area contributed by atoms with Crippen LogP contribution in [-0.2, 0) is 0 Å². The van der Waals surface area contributed by atoms with Gasteiger partial charge in [0.25, 0.3) is 0 Å². The van der Waals surface area contributed by atoms with Crippen molar-refractivity contribution in [3.63, 3.8) is 0 Å². The molecule has 0 aliphatic carbocycles. The van der Waals surface area contributed by atoms with Crippen molar-refractivity contribution in [3.05, 3.63) is 59.3 Å². The number of aromatic nitrogens is 2. The third kappa shape index (κ3) is 2.23. The predicted molar refractivity (Wildman–Crippen MR) is 80.3 cm³/mol. The van der Waals surface area contributed by atoms with Crippen LogP contribution in [0.2, 0.25) is 0 Å². The minimum absolute atomic E-state index is 0.555. The van der Waals surface area contributed by atoms with E-state index in [1.807, 2.05) is 51.1 Å². The monoisotopic (exact) mass is 264 g/mol. The van der Waals surface area contributed by atoms with Crippen LogP contribution in [0.25, 0.3) is 10.8 Å². The maximum absolute atomic E-state index is 5.98. The molecular weight excluding hydrogens is 248 g/mol. The molecule has 3 nitrogen and oxygen atoms in total. The first-order chi connectivity index (χ1) is 9.65. The summed E-state index contributed by atoms with van der Waals surface area (Å²) < 4.78 is 5.98. The number of rotatable bonds is 2. The van der Waals surface area contributed by atoms with Crippen LogP contribution in [0.1, 0.15) is 16.8 Å². The van der Waals surface area contributed by atoms with Gasteiger partial charge in [0.05, 0.1) is 5.69 Å². The van der Waals surface area contributed by atoms with Gasteiger partial charge in [-0.25, -0.2) is 0 Å². The Labute approximate surface area is 118 Å². The predicted octanol–water partition coefficient (Wildman–Crippen LogP) is 4.35. The van der Waals surface area contributed by atoms with Crippen LogP contribution in [0, 0.1) is 20.8 Å². The number of fused-ring (bicyclic) bond motifs is 1. The van der Waals surface area contributed by atoms with Gasteiger partial charge in [-0.3, -0.25) is 0 Å². The lowest BCUT2D eigenvalue weighted by molar-refractivity contribution is 0.457. The summed E-state index contributed by atoms with van der Waals surface area (Å²) in [7, 11) is 0. The van der Waals surface area contributed by atoms with Crippen LogP contribution in [-0.4, -0.2) is 10.2 Å². The summed E-state index contributed by atoms with van der Waals surface area (Å²) in [4.78, 5) is 0. The summed E-state index contributed by atoms with van der Waals surface area (Å²) in [6.45, 7) is 6.03. The lowest BCUT2D eigenvalue weighted by Gasteiger charge is -2.11. The molecule has 0 amide bonds. The first-order valence-corrected chi connectivity index (χ1v) is 6.62. The van der Waals surface area contributed by atoms with Gasteiger partial charge in [-0.05, 0) is 44.0 Å². The number of hydrogen-bond acceptors (Lipinski definition) is 3. The first-order valence-electron chi connectivity index (χ1n) is 6.62. The lowest BCUT2D eigenvalue weighted by Crippen LogP contribution is -1.96. The largest absolute Gasteiger partial charge is 0.437 e. The van der Waals surface area contributed by atoms with Gasteiger partial charge in [-0.2, -0.15) is 5.10 Å². The van der Waals surface area contributed by atoms with Crippen molar-refractivity contribution < 1.29 is 4.74 Å². The maximum atomic E-state index is 5.98. The molecule has 3 heteroatoms. The molecule has 1 aromatic heterocycles. The van der Waals surface area contributed by atoms with Gasteiger partial charge in [0, 0.05) is 10.8 Å². The van der Waals surface area contributed by atoms with Gasteiger partial charge in [-0.15, -0.1) is 5.10 Å². The van der Waals surface area contributed by atoms with Gasteiger partial charge < -0.3 is 4.74 Å². The van der Waals surface area contributed by atoms with Gasteiger partial charge >= 0.3 is 0 Å². The van der Waals surface area contributed by atoms with Gasteiger partial charge in [0.1, 0.15) is 5.75 Å². The lowest BCUT2D eigenvalue weighted by atomic mass is 10.1. The van der Waals surface area contributed by atoms with Crippen molar-refractivity contribution in [2.75, 3.05) is 0 Å². The Kier molecular flexibility index (Phi) is 3.11. The molecule has 1 heterocycles. The van der Waals surface area contributed by atoms with E-state index in [-0.39, 0.29) is 0 Å². The van der Waals surface area contributed by atoms with Crippen LogP contribution in [0.4, 0.5) is 0 Å². The Morgan fingerprint density at radius 3 is 2.40 bits per heavy atom. The van der Waals surface area contributed by atoms with Crippen molar-refractivity contribution in [1.29, 1.82) is 0 Å². The van der Waals surface area contributed by atoms with Gasteiger partial charge in [0.15, 0.2) is 0 Å².